The maximum Gasteiger partial charge on any atom is 0.258 e. The molecule has 6 rings (SSSR count). The molecule has 1 atom stereocenters. The summed E-state index contributed by atoms with van der Waals surface area (Å²) in [7, 11) is 2.13. The molecule has 2 aliphatic heterocycles. The fourth-order valence-electron chi connectivity index (χ4n) is 5.23. The highest BCUT2D eigenvalue weighted by Gasteiger charge is 2.25. The van der Waals surface area contributed by atoms with Gasteiger partial charge in [-0.1, -0.05) is 12.1 Å². The van der Waals surface area contributed by atoms with Crippen LogP contribution in [0.25, 0.3) is 26.1 Å². The summed E-state index contributed by atoms with van der Waals surface area (Å²) >= 11 is 1.44. The van der Waals surface area contributed by atoms with E-state index < -0.39 is 0 Å². The van der Waals surface area contributed by atoms with Crippen molar-refractivity contribution >= 4 is 49.1 Å². The molecule has 2 fully saturated rings. The number of fused-ring (bicyclic) bond motifs is 5. The Morgan fingerprint density at radius 1 is 1.20 bits per heavy atom. The number of carbonyl (C=O) groups excluding carboxylic acids is 1. The zero-order valence-corrected chi connectivity index (χ0v) is 20.5. The Kier molecular flexibility index (Phi) is 5.87. The molecule has 1 unspecified atom stereocenters. The summed E-state index contributed by atoms with van der Waals surface area (Å²) in [5.74, 6) is 0.305. The van der Waals surface area contributed by atoms with Gasteiger partial charge >= 0.3 is 0 Å². The molecule has 9 nitrogen and oxygen atoms in total. The van der Waals surface area contributed by atoms with Crippen molar-refractivity contribution in [2.24, 2.45) is 0 Å². The van der Waals surface area contributed by atoms with Crippen LogP contribution >= 0.6 is 11.3 Å². The largest absolute Gasteiger partial charge is 0.378 e. The second kappa shape index (κ2) is 9.18. The van der Waals surface area contributed by atoms with Crippen LogP contribution in [-0.2, 0) is 4.74 Å². The number of thiazole rings is 1. The highest BCUT2D eigenvalue weighted by molar-refractivity contribution is 7.24. The normalized spacial score (nSPS) is 19.2. The maximum absolute atomic E-state index is 13.8. The molecule has 3 aromatic heterocycles. The van der Waals surface area contributed by atoms with Crippen molar-refractivity contribution in [3.63, 3.8) is 0 Å². The third-order valence-electron chi connectivity index (χ3n) is 7.17. The van der Waals surface area contributed by atoms with Crippen molar-refractivity contribution in [1.82, 2.24) is 24.8 Å². The number of nitrogens with one attached hydrogen (secondary N) is 1. The van der Waals surface area contributed by atoms with Gasteiger partial charge in [0.05, 0.1) is 28.8 Å². The number of amides is 1. The van der Waals surface area contributed by atoms with Gasteiger partial charge in [-0.2, -0.15) is 0 Å². The first-order valence-corrected chi connectivity index (χ1v) is 13.0. The van der Waals surface area contributed by atoms with Gasteiger partial charge < -0.3 is 19.9 Å². The quantitative estimate of drug-likeness (QED) is 0.458. The lowest BCUT2D eigenvalue weighted by Crippen LogP contribution is -2.37. The molecule has 1 N–H and O–H groups in total. The summed E-state index contributed by atoms with van der Waals surface area (Å²) in [6.07, 6.45) is 3.21. The molecule has 182 valence electrons. The number of pyridine rings is 1. The fraction of sp³-hybridized carbons (Fsp3) is 0.440. The van der Waals surface area contributed by atoms with Gasteiger partial charge in [-0.3, -0.25) is 14.0 Å². The number of likely N-dealkylation sites (tertiary alicyclic amines) is 1. The number of para-hydroxylation sites is 1. The zero-order chi connectivity index (χ0) is 23.9. The average molecular weight is 493 g/mol. The van der Waals surface area contributed by atoms with E-state index in [4.69, 9.17) is 4.74 Å². The van der Waals surface area contributed by atoms with Crippen LogP contribution in [0.2, 0.25) is 0 Å². The monoisotopic (exact) mass is 492 g/mol. The topological polar surface area (TPSA) is 92.1 Å². The van der Waals surface area contributed by atoms with Gasteiger partial charge in [0.1, 0.15) is 10.4 Å². The van der Waals surface area contributed by atoms with E-state index in [0.29, 0.717) is 60.6 Å². The molecule has 2 saturated heterocycles. The van der Waals surface area contributed by atoms with E-state index in [-0.39, 0.29) is 16.9 Å². The Balaban J connectivity index is 1.45. The summed E-state index contributed by atoms with van der Waals surface area (Å²) in [6, 6.07) is 10.1. The molecule has 1 aromatic carbocycles. The minimum Gasteiger partial charge on any atom is -0.378 e. The van der Waals surface area contributed by atoms with Crippen LogP contribution in [0.5, 0.6) is 0 Å². The summed E-state index contributed by atoms with van der Waals surface area (Å²) in [5, 5.41) is 12.4. The summed E-state index contributed by atoms with van der Waals surface area (Å²) in [4.78, 5) is 32.2. The van der Waals surface area contributed by atoms with Gasteiger partial charge in [0.25, 0.3) is 5.91 Å². The first kappa shape index (κ1) is 22.4. The average Bonchev–Trinajstić information content (AvgIpc) is 3.47. The Morgan fingerprint density at radius 3 is 2.83 bits per heavy atom. The van der Waals surface area contributed by atoms with E-state index in [1.54, 1.807) is 6.07 Å². The third-order valence-corrected chi connectivity index (χ3v) is 8.32. The molecule has 0 saturated carbocycles. The first-order valence-electron chi connectivity index (χ1n) is 12.2. The Labute approximate surface area is 206 Å². The molecule has 0 radical (unpaired) electrons. The van der Waals surface area contributed by atoms with E-state index >= 15 is 0 Å². The number of benzene rings is 1. The summed E-state index contributed by atoms with van der Waals surface area (Å²) in [5.41, 5.74) is 1.27. The molecule has 35 heavy (non-hydrogen) atoms. The number of morpholine rings is 1. The van der Waals surface area contributed by atoms with E-state index in [2.05, 4.69) is 32.4 Å². The third kappa shape index (κ3) is 3.95. The van der Waals surface area contributed by atoms with Crippen LogP contribution in [0.15, 0.2) is 35.1 Å². The molecule has 0 aliphatic carbocycles. The van der Waals surface area contributed by atoms with Crippen molar-refractivity contribution in [2.75, 3.05) is 51.3 Å². The molecule has 0 bridgehead atoms. The van der Waals surface area contributed by atoms with Gasteiger partial charge in [-0.25, -0.2) is 0 Å². The molecule has 2 aliphatic rings. The number of carbonyl (C=O) groups is 1. The van der Waals surface area contributed by atoms with Crippen molar-refractivity contribution in [3.8, 4) is 0 Å². The van der Waals surface area contributed by atoms with Gasteiger partial charge in [0.15, 0.2) is 11.5 Å². The first-order chi connectivity index (χ1) is 17.1. The van der Waals surface area contributed by atoms with Gasteiger partial charge in [0.2, 0.25) is 5.43 Å². The molecule has 0 spiro atoms. The molecule has 4 aromatic rings. The van der Waals surface area contributed by atoms with Crippen LogP contribution < -0.4 is 15.6 Å². The molecular weight excluding hydrogens is 464 g/mol. The predicted molar refractivity (Wildman–Crippen MR) is 138 cm³/mol. The van der Waals surface area contributed by atoms with Gasteiger partial charge in [-0.15, -0.1) is 21.5 Å². The summed E-state index contributed by atoms with van der Waals surface area (Å²) in [6.45, 7) is 4.23. The Bertz CT molecular complexity index is 1480. The second-order valence-corrected chi connectivity index (χ2v) is 10.3. The van der Waals surface area contributed by atoms with Crippen molar-refractivity contribution in [2.45, 2.75) is 25.3 Å². The highest BCUT2D eigenvalue weighted by Crippen LogP contribution is 2.31. The lowest BCUT2D eigenvalue weighted by Gasteiger charge is -2.27. The fourth-order valence-corrected chi connectivity index (χ4v) is 6.41. The van der Waals surface area contributed by atoms with Gasteiger partial charge in [-0.05, 0) is 51.1 Å². The van der Waals surface area contributed by atoms with Crippen LogP contribution in [0.1, 0.15) is 29.6 Å². The van der Waals surface area contributed by atoms with E-state index in [0.717, 1.165) is 29.6 Å². The number of hydrogen-bond acceptors (Lipinski definition) is 8. The standard InChI is InChI=1S/C25H28N6O3S/c1-29-10-4-5-16(29)8-9-26-24(33)21-22(32)17-15-20(30-11-13-34-14-12-30)27-28-23(17)31-18-6-2-3-7-19(18)35-25(21)31/h2-3,6-7,15-16H,4-5,8-14H2,1H3,(H,26,33). The predicted octanol–water partition coefficient (Wildman–Crippen LogP) is 2.51. The molecule has 1 amide bonds. The number of nitrogens with zero attached hydrogens (tertiary/aromatic N) is 5. The van der Waals surface area contributed by atoms with Crippen LogP contribution in [0, 0.1) is 0 Å². The molecule has 10 heteroatoms. The second-order valence-electron chi connectivity index (χ2n) is 9.27. The molecular formula is C25H28N6O3S. The minimum absolute atomic E-state index is 0.180. The Hall–Kier alpha value is -3.08. The zero-order valence-electron chi connectivity index (χ0n) is 19.7. The van der Waals surface area contributed by atoms with Crippen molar-refractivity contribution in [1.29, 1.82) is 0 Å². The highest BCUT2D eigenvalue weighted by atomic mass is 32.1. The minimum atomic E-state index is -0.327. The van der Waals surface area contributed by atoms with Gasteiger partial charge in [0, 0.05) is 25.7 Å². The number of ether oxygens (including phenoxy) is 1. The number of aromatic nitrogens is 3. The maximum atomic E-state index is 13.8. The van der Waals surface area contributed by atoms with E-state index in [1.165, 1.54) is 17.8 Å². The smallest absolute Gasteiger partial charge is 0.258 e. The number of rotatable bonds is 5. The summed E-state index contributed by atoms with van der Waals surface area (Å²) < 4.78 is 8.34. The molecule has 5 heterocycles. The van der Waals surface area contributed by atoms with Crippen LogP contribution in [0.4, 0.5) is 5.82 Å². The van der Waals surface area contributed by atoms with Crippen LogP contribution in [0.3, 0.4) is 0 Å². The number of hydrogen-bond donors (Lipinski definition) is 1. The van der Waals surface area contributed by atoms with Crippen LogP contribution in [-0.4, -0.2) is 77.9 Å². The lowest BCUT2D eigenvalue weighted by molar-refractivity contribution is 0.0951. The van der Waals surface area contributed by atoms with Crippen molar-refractivity contribution in [3.05, 3.63) is 46.1 Å². The SMILES string of the molecule is CN1CCCC1CCNC(=O)c1c(=O)c2cc(N3CCOCC3)nnc2n2c1sc1ccccc12. The van der Waals surface area contributed by atoms with E-state index in [1.807, 2.05) is 28.7 Å². The Morgan fingerprint density at radius 2 is 2.03 bits per heavy atom. The lowest BCUT2D eigenvalue weighted by atomic mass is 10.1. The number of anilines is 1. The van der Waals surface area contributed by atoms with E-state index in [9.17, 15) is 9.59 Å². The van der Waals surface area contributed by atoms with Crippen molar-refractivity contribution < 1.29 is 9.53 Å².